The highest BCUT2D eigenvalue weighted by Crippen LogP contribution is 2.44. The zero-order valence-electron chi connectivity index (χ0n) is 19.7. The van der Waals surface area contributed by atoms with Gasteiger partial charge in [0, 0.05) is 0 Å². The Bertz CT molecular complexity index is 911. The van der Waals surface area contributed by atoms with Gasteiger partial charge in [-0.15, -0.1) is 0 Å². The van der Waals surface area contributed by atoms with E-state index in [1.54, 1.807) is 0 Å². The van der Waals surface area contributed by atoms with Crippen LogP contribution in [0.1, 0.15) is 70.6 Å². The first kappa shape index (κ1) is 22.0. The maximum absolute atomic E-state index is 6.90. The van der Waals surface area contributed by atoms with Crippen LogP contribution in [0, 0.1) is 27.7 Å². The second-order valence-corrected chi connectivity index (χ2v) is 9.33. The van der Waals surface area contributed by atoms with Crippen molar-refractivity contribution in [1.82, 2.24) is 0 Å². The number of ether oxygens (including phenoxy) is 3. The normalized spacial score (nSPS) is 21.5. The molecule has 0 saturated carbocycles. The quantitative estimate of drug-likeness (QED) is 0.454. The summed E-state index contributed by atoms with van der Waals surface area (Å²) >= 11 is 0. The lowest BCUT2D eigenvalue weighted by Gasteiger charge is -2.28. The minimum absolute atomic E-state index is 0.0876. The molecule has 4 atom stereocenters. The summed E-state index contributed by atoms with van der Waals surface area (Å²) in [4.78, 5) is 0. The summed E-state index contributed by atoms with van der Waals surface area (Å²) in [6, 6.07) is 8.85. The lowest BCUT2D eigenvalue weighted by Crippen LogP contribution is -2.22. The molecule has 0 N–H and O–H groups in total. The molecule has 4 unspecified atom stereocenters. The van der Waals surface area contributed by atoms with Gasteiger partial charge < -0.3 is 14.2 Å². The van der Waals surface area contributed by atoms with E-state index in [9.17, 15) is 0 Å². The molecule has 2 aromatic carbocycles. The Morgan fingerprint density at radius 2 is 1.03 bits per heavy atom. The van der Waals surface area contributed by atoms with Gasteiger partial charge in [-0.05, 0) is 86.1 Å². The molecule has 3 nitrogen and oxygen atoms in total. The van der Waals surface area contributed by atoms with Gasteiger partial charge in [-0.2, -0.15) is 0 Å². The van der Waals surface area contributed by atoms with Crippen molar-refractivity contribution >= 4 is 11.1 Å². The molecule has 0 aliphatic carbocycles. The van der Waals surface area contributed by atoms with Crippen LogP contribution in [0.25, 0.3) is 11.1 Å². The van der Waals surface area contributed by atoms with Crippen molar-refractivity contribution in [1.29, 1.82) is 0 Å². The number of hydrogen-bond acceptors (Lipinski definition) is 3. The Balaban J connectivity index is 1.73. The third kappa shape index (κ3) is 4.55. The van der Waals surface area contributed by atoms with Crippen molar-refractivity contribution in [2.75, 3.05) is 13.2 Å². The van der Waals surface area contributed by atoms with Gasteiger partial charge in [0.1, 0.15) is 24.4 Å². The SMILES string of the molecule is C=C(C)c1cc(C)c(C(OC(c2c(C)cc(C(=C)C)cc2C)C2CO2)C2CO2)c(C)c1. The van der Waals surface area contributed by atoms with Crippen LogP contribution < -0.4 is 0 Å². The van der Waals surface area contributed by atoms with E-state index in [1.807, 2.05) is 13.8 Å². The largest absolute Gasteiger partial charge is 0.370 e. The molecule has 0 spiro atoms. The highest BCUT2D eigenvalue weighted by atomic mass is 16.6. The van der Waals surface area contributed by atoms with Crippen LogP contribution >= 0.6 is 0 Å². The number of rotatable bonds is 8. The van der Waals surface area contributed by atoms with Crippen molar-refractivity contribution in [3.8, 4) is 0 Å². The summed E-state index contributed by atoms with van der Waals surface area (Å²) in [5, 5.41) is 0. The van der Waals surface area contributed by atoms with E-state index in [0.717, 1.165) is 24.4 Å². The number of benzene rings is 2. The van der Waals surface area contributed by atoms with Crippen LogP contribution in [0.3, 0.4) is 0 Å². The minimum Gasteiger partial charge on any atom is -0.370 e. The van der Waals surface area contributed by atoms with Gasteiger partial charge in [-0.25, -0.2) is 0 Å². The Hall–Kier alpha value is -2.20. The Labute approximate surface area is 186 Å². The van der Waals surface area contributed by atoms with E-state index < -0.39 is 0 Å². The lowest BCUT2D eigenvalue weighted by molar-refractivity contribution is -0.0430. The second kappa shape index (κ2) is 8.38. The van der Waals surface area contributed by atoms with Crippen molar-refractivity contribution in [2.24, 2.45) is 0 Å². The number of aryl methyl sites for hydroxylation is 4. The summed E-state index contributed by atoms with van der Waals surface area (Å²) in [6.45, 7) is 22.4. The zero-order chi connectivity index (χ0) is 22.4. The molecule has 3 heteroatoms. The molecule has 0 bridgehead atoms. The first-order valence-corrected chi connectivity index (χ1v) is 11.1. The molecule has 0 radical (unpaired) electrons. The summed E-state index contributed by atoms with van der Waals surface area (Å²) in [5.41, 5.74) is 11.9. The van der Waals surface area contributed by atoms with Gasteiger partial charge in [0.15, 0.2) is 0 Å². The molecule has 2 fully saturated rings. The third-order valence-electron chi connectivity index (χ3n) is 6.43. The van der Waals surface area contributed by atoms with E-state index in [0.29, 0.717) is 0 Å². The zero-order valence-corrected chi connectivity index (χ0v) is 19.7. The number of allylic oxidation sites excluding steroid dienone is 2. The highest BCUT2D eigenvalue weighted by molar-refractivity contribution is 5.65. The van der Waals surface area contributed by atoms with E-state index in [1.165, 1.54) is 44.5 Å². The molecule has 164 valence electrons. The van der Waals surface area contributed by atoms with Crippen molar-refractivity contribution in [3.63, 3.8) is 0 Å². The molecule has 2 aliphatic rings. The van der Waals surface area contributed by atoms with Crippen molar-refractivity contribution < 1.29 is 14.2 Å². The average Bonchev–Trinajstić information content (AvgIpc) is 3.58. The molecular formula is C28H34O3. The fourth-order valence-electron chi connectivity index (χ4n) is 4.64. The molecule has 2 heterocycles. The third-order valence-corrected chi connectivity index (χ3v) is 6.43. The topological polar surface area (TPSA) is 34.3 Å². The molecule has 0 aromatic heterocycles. The van der Waals surface area contributed by atoms with Crippen molar-refractivity contribution in [3.05, 3.63) is 81.9 Å². The van der Waals surface area contributed by atoms with Gasteiger partial charge in [-0.3, -0.25) is 0 Å². The van der Waals surface area contributed by atoms with Gasteiger partial charge >= 0.3 is 0 Å². The van der Waals surface area contributed by atoms with Crippen LogP contribution in [0.2, 0.25) is 0 Å². The van der Waals surface area contributed by atoms with Gasteiger partial charge in [0.25, 0.3) is 0 Å². The van der Waals surface area contributed by atoms with Crippen LogP contribution in [0.4, 0.5) is 0 Å². The smallest absolute Gasteiger partial charge is 0.112 e. The fourth-order valence-corrected chi connectivity index (χ4v) is 4.64. The molecule has 2 aliphatic heterocycles. The van der Waals surface area contributed by atoms with E-state index in [-0.39, 0.29) is 24.4 Å². The average molecular weight is 419 g/mol. The van der Waals surface area contributed by atoms with E-state index in [4.69, 9.17) is 14.2 Å². The summed E-state index contributed by atoms with van der Waals surface area (Å²) in [5.74, 6) is 0. The summed E-state index contributed by atoms with van der Waals surface area (Å²) in [7, 11) is 0. The first-order valence-electron chi connectivity index (χ1n) is 11.1. The predicted octanol–water partition coefficient (Wildman–Crippen LogP) is 6.58. The van der Waals surface area contributed by atoms with Crippen molar-refractivity contribution in [2.45, 2.75) is 66.0 Å². The van der Waals surface area contributed by atoms with Crippen LogP contribution in [-0.4, -0.2) is 25.4 Å². The van der Waals surface area contributed by atoms with E-state index in [2.05, 4.69) is 65.1 Å². The minimum atomic E-state index is -0.118. The van der Waals surface area contributed by atoms with Crippen LogP contribution in [0.15, 0.2) is 37.4 Å². The second-order valence-electron chi connectivity index (χ2n) is 9.33. The van der Waals surface area contributed by atoms with Gasteiger partial charge in [0.2, 0.25) is 0 Å². The molecule has 2 saturated heterocycles. The molecule has 31 heavy (non-hydrogen) atoms. The standard InChI is InChI=1S/C28H34O3/c1-15(2)21-9-17(5)25(18(6)10-21)27(23-13-29-23)31-28(24-14-30-24)26-19(7)11-22(16(3)4)12-20(26)8/h9-12,23-24,27-28H,1,3,13-14H2,2,4-8H3. The maximum atomic E-state index is 6.90. The lowest BCUT2D eigenvalue weighted by atomic mass is 9.90. The predicted molar refractivity (Wildman–Crippen MR) is 127 cm³/mol. The van der Waals surface area contributed by atoms with Crippen LogP contribution in [-0.2, 0) is 14.2 Å². The highest BCUT2D eigenvalue weighted by Gasteiger charge is 2.43. The molecular weight excluding hydrogens is 384 g/mol. The van der Waals surface area contributed by atoms with Crippen LogP contribution in [0.5, 0.6) is 0 Å². The van der Waals surface area contributed by atoms with Gasteiger partial charge in [0.05, 0.1) is 13.2 Å². The fraction of sp³-hybridized carbons (Fsp3) is 0.429. The Morgan fingerprint density at radius 1 is 0.742 bits per heavy atom. The van der Waals surface area contributed by atoms with E-state index >= 15 is 0 Å². The summed E-state index contributed by atoms with van der Waals surface area (Å²) < 4.78 is 18.4. The Morgan fingerprint density at radius 3 is 1.26 bits per heavy atom. The molecule has 4 rings (SSSR count). The summed E-state index contributed by atoms with van der Waals surface area (Å²) in [6.07, 6.45) is -0.0600. The molecule has 0 amide bonds. The number of hydrogen-bond donors (Lipinski definition) is 0. The first-order chi connectivity index (χ1) is 14.7. The number of epoxide rings is 2. The molecule has 2 aromatic rings. The van der Waals surface area contributed by atoms with Gasteiger partial charge in [-0.1, -0.05) is 48.6 Å². The maximum Gasteiger partial charge on any atom is 0.112 e. The monoisotopic (exact) mass is 418 g/mol. The Kier molecular flexibility index (Phi) is 5.95.